The van der Waals surface area contributed by atoms with E-state index in [1.54, 1.807) is 4.90 Å². The smallest absolute Gasteiger partial charge is 0.321 e. The van der Waals surface area contributed by atoms with Crippen molar-refractivity contribution in [3.05, 3.63) is 0 Å². The summed E-state index contributed by atoms with van der Waals surface area (Å²) in [7, 11) is 0. The summed E-state index contributed by atoms with van der Waals surface area (Å²) in [4.78, 5) is 23.0. The average molecular weight is 171 g/mol. The van der Waals surface area contributed by atoms with Gasteiger partial charge in [0.05, 0.1) is 5.92 Å². The van der Waals surface area contributed by atoms with Gasteiger partial charge in [-0.05, 0) is 6.42 Å². The van der Waals surface area contributed by atoms with Crippen LogP contribution in [0.1, 0.15) is 6.42 Å². The van der Waals surface area contributed by atoms with Gasteiger partial charge in [0, 0.05) is 12.6 Å². The molecule has 0 bridgehead atoms. The van der Waals surface area contributed by atoms with Crippen LogP contribution >= 0.6 is 0 Å². The van der Waals surface area contributed by atoms with Crippen molar-refractivity contribution in [1.29, 1.82) is 0 Å². The Morgan fingerprint density at radius 1 is 1.25 bits per heavy atom. The first-order valence-electron chi connectivity index (χ1n) is 3.82. The molecule has 2 fully saturated rings. The minimum absolute atomic E-state index is 0.215. The van der Waals surface area contributed by atoms with Crippen molar-refractivity contribution in [3.8, 4) is 0 Å². The van der Waals surface area contributed by atoms with Crippen molar-refractivity contribution in [2.45, 2.75) is 18.5 Å². The molecule has 2 N–H and O–H groups in total. The number of rotatable bonds is 2. The molecule has 5 nitrogen and oxygen atoms in total. The quantitative estimate of drug-likeness (QED) is 0.533. The first kappa shape index (κ1) is 7.54. The lowest BCUT2D eigenvalue weighted by Crippen LogP contribution is -2.36. The number of aliphatic carboxylic acids is 2. The molecule has 66 valence electrons. The topological polar surface area (TPSA) is 77.6 Å². The van der Waals surface area contributed by atoms with Crippen LogP contribution in [0.3, 0.4) is 0 Å². The van der Waals surface area contributed by atoms with Crippen molar-refractivity contribution < 1.29 is 19.8 Å². The van der Waals surface area contributed by atoms with E-state index in [9.17, 15) is 9.59 Å². The molecule has 2 aliphatic rings. The minimum Gasteiger partial charge on any atom is -0.481 e. The van der Waals surface area contributed by atoms with Gasteiger partial charge in [-0.3, -0.25) is 14.5 Å². The van der Waals surface area contributed by atoms with E-state index in [-0.39, 0.29) is 6.04 Å². The second-order valence-electron chi connectivity index (χ2n) is 3.31. The third kappa shape index (κ3) is 0.896. The van der Waals surface area contributed by atoms with Gasteiger partial charge in [-0.25, -0.2) is 0 Å². The van der Waals surface area contributed by atoms with Gasteiger partial charge in [0.15, 0.2) is 0 Å². The average Bonchev–Trinajstić information content (AvgIpc) is 2.60. The molecule has 0 radical (unpaired) electrons. The zero-order valence-electron chi connectivity index (χ0n) is 6.30. The number of fused-ring (bicyclic) bond motifs is 1. The summed E-state index contributed by atoms with van der Waals surface area (Å²) >= 11 is 0. The van der Waals surface area contributed by atoms with E-state index in [4.69, 9.17) is 10.2 Å². The SMILES string of the molecule is O=C(O)C1C[C@@H]2CN2[C@@H]1C(=O)O. The minimum atomic E-state index is -1.01. The number of nitrogens with zero attached hydrogens (tertiary/aromatic N) is 1. The fraction of sp³-hybridized carbons (Fsp3) is 0.714. The fourth-order valence-corrected chi connectivity index (χ4v) is 1.95. The summed E-state index contributed by atoms with van der Waals surface area (Å²) in [5, 5.41) is 17.4. The van der Waals surface area contributed by atoms with Gasteiger partial charge in [0.25, 0.3) is 0 Å². The zero-order valence-corrected chi connectivity index (χ0v) is 6.30. The first-order chi connectivity index (χ1) is 5.61. The second kappa shape index (κ2) is 2.20. The highest BCUT2D eigenvalue weighted by atomic mass is 16.4. The molecule has 2 rings (SSSR count). The zero-order chi connectivity index (χ0) is 8.88. The highest BCUT2D eigenvalue weighted by Gasteiger charge is 2.56. The maximum atomic E-state index is 10.6. The molecule has 12 heavy (non-hydrogen) atoms. The number of hydrogen-bond acceptors (Lipinski definition) is 3. The Balaban J connectivity index is 2.16. The molecule has 2 aliphatic heterocycles. The van der Waals surface area contributed by atoms with E-state index in [0.717, 1.165) is 6.54 Å². The maximum absolute atomic E-state index is 10.6. The third-order valence-corrected chi connectivity index (χ3v) is 2.59. The van der Waals surface area contributed by atoms with Gasteiger partial charge in [0.1, 0.15) is 6.04 Å². The molecule has 0 saturated carbocycles. The highest BCUT2D eigenvalue weighted by Crippen LogP contribution is 2.40. The molecule has 2 saturated heterocycles. The number of hydrogen-bond donors (Lipinski definition) is 2. The third-order valence-electron chi connectivity index (χ3n) is 2.59. The Morgan fingerprint density at radius 3 is 2.33 bits per heavy atom. The van der Waals surface area contributed by atoms with Crippen LogP contribution in [0.25, 0.3) is 0 Å². The maximum Gasteiger partial charge on any atom is 0.321 e. The van der Waals surface area contributed by atoms with E-state index >= 15 is 0 Å². The lowest BCUT2D eigenvalue weighted by molar-refractivity contribution is -0.151. The lowest BCUT2D eigenvalue weighted by Gasteiger charge is -2.13. The predicted molar refractivity (Wildman–Crippen MR) is 37.7 cm³/mol. The number of carboxylic acids is 2. The van der Waals surface area contributed by atoms with Gasteiger partial charge < -0.3 is 10.2 Å². The first-order valence-corrected chi connectivity index (χ1v) is 3.82. The summed E-state index contributed by atoms with van der Waals surface area (Å²) in [5.41, 5.74) is 0. The molecule has 0 amide bonds. The standard InChI is InChI=1S/C7H9NO4/c9-6(10)4-1-3-2-8(3)5(4)7(11)12/h3-5H,1-2H2,(H,9,10)(H,11,12)/t3-,4?,5+,8?/m1/s1. The van der Waals surface area contributed by atoms with Crippen LogP contribution < -0.4 is 0 Å². The van der Waals surface area contributed by atoms with Crippen LogP contribution in [0.2, 0.25) is 0 Å². The largest absolute Gasteiger partial charge is 0.481 e. The van der Waals surface area contributed by atoms with Crippen LogP contribution in [0.4, 0.5) is 0 Å². The van der Waals surface area contributed by atoms with Crippen molar-refractivity contribution in [1.82, 2.24) is 4.90 Å². The van der Waals surface area contributed by atoms with Crippen LogP contribution in [-0.2, 0) is 9.59 Å². The number of carbonyl (C=O) groups is 2. The molecule has 2 heterocycles. The molecular formula is C7H9NO4. The Hall–Kier alpha value is -1.10. The van der Waals surface area contributed by atoms with Gasteiger partial charge in [-0.2, -0.15) is 0 Å². The Kier molecular flexibility index (Phi) is 1.38. The molecular weight excluding hydrogens is 162 g/mol. The van der Waals surface area contributed by atoms with Crippen molar-refractivity contribution >= 4 is 11.9 Å². The molecule has 5 heteroatoms. The van der Waals surface area contributed by atoms with Gasteiger partial charge in [-0.1, -0.05) is 0 Å². The van der Waals surface area contributed by atoms with E-state index in [2.05, 4.69) is 0 Å². The second-order valence-corrected chi connectivity index (χ2v) is 3.31. The van der Waals surface area contributed by atoms with E-state index in [1.807, 2.05) is 0 Å². The molecule has 0 aromatic carbocycles. The van der Waals surface area contributed by atoms with E-state index in [0.29, 0.717) is 6.42 Å². The molecule has 0 spiro atoms. The van der Waals surface area contributed by atoms with E-state index < -0.39 is 23.9 Å². The van der Waals surface area contributed by atoms with Crippen LogP contribution in [-0.4, -0.2) is 45.7 Å². The normalized spacial score (nSPS) is 43.7. The Labute approximate surface area is 68.6 Å². The van der Waals surface area contributed by atoms with Gasteiger partial charge in [0.2, 0.25) is 0 Å². The fourth-order valence-electron chi connectivity index (χ4n) is 1.95. The molecule has 0 aliphatic carbocycles. The van der Waals surface area contributed by atoms with Crippen molar-refractivity contribution in [3.63, 3.8) is 0 Å². The Bertz CT molecular complexity index is 252. The molecule has 0 aromatic heterocycles. The van der Waals surface area contributed by atoms with Gasteiger partial charge >= 0.3 is 11.9 Å². The molecule has 2 unspecified atom stereocenters. The molecule has 4 atom stereocenters. The van der Waals surface area contributed by atoms with Crippen LogP contribution in [0.5, 0.6) is 0 Å². The number of piperidine rings is 1. The summed E-state index contributed by atoms with van der Waals surface area (Å²) < 4.78 is 0. The Morgan fingerprint density at radius 2 is 1.92 bits per heavy atom. The van der Waals surface area contributed by atoms with E-state index in [1.165, 1.54) is 0 Å². The van der Waals surface area contributed by atoms with Crippen molar-refractivity contribution in [2.75, 3.05) is 6.54 Å². The monoisotopic (exact) mass is 171 g/mol. The predicted octanol–water partition coefficient (Wildman–Crippen LogP) is -0.772. The summed E-state index contributed by atoms with van der Waals surface area (Å²) in [6.07, 6.45) is 0.492. The highest BCUT2D eigenvalue weighted by molar-refractivity contribution is 5.84. The van der Waals surface area contributed by atoms with Crippen LogP contribution in [0, 0.1) is 5.92 Å². The van der Waals surface area contributed by atoms with Crippen molar-refractivity contribution in [2.24, 2.45) is 5.92 Å². The lowest BCUT2D eigenvalue weighted by atomic mass is 9.98. The molecule has 0 aromatic rings. The van der Waals surface area contributed by atoms with Gasteiger partial charge in [-0.15, -0.1) is 0 Å². The summed E-state index contributed by atoms with van der Waals surface area (Å²) in [6, 6.07) is -0.570. The summed E-state index contributed by atoms with van der Waals surface area (Å²) in [5.74, 6) is -2.71. The van der Waals surface area contributed by atoms with Crippen LogP contribution in [0.15, 0.2) is 0 Å². The number of carboxylic acid groups (broad SMARTS) is 2. The summed E-state index contributed by atoms with van der Waals surface area (Å²) in [6.45, 7) is 0.751.